The number of nitrogens with zero attached hydrogens (tertiary/aromatic N) is 4. The summed E-state index contributed by atoms with van der Waals surface area (Å²) in [5.74, 6) is 0.844. The molecular weight excluding hydrogens is 314 g/mol. The molecular formula is C19H27N5O. The molecule has 134 valence electrons. The molecule has 1 atom stereocenters. The normalized spacial score (nSPS) is 18.0. The summed E-state index contributed by atoms with van der Waals surface area (Å²) in [4.78, 5) is 4.42. The molecule has 1 saturated heterocycles. The Balaban J connectivity index is 1.67. The van der Waals surface area contributed by atoms with E-state index in [-0.39, 0.29) is 0 Å². The minimum absolute atomic E-state index is 0.290. The van der Waals surface area contributed by atoms with E-state index in [2.05, 4.69) is 20.0 Å². The van der Waals surface area contributed by atoms with Crippen molar-refractivity contribution in [2.45, 2.75) is 19.0 Å². The first kappa shape index (κ1) is 17.8. The minimum atomic E-state index is 0.290. The number of likely N-dealkylation sites (tertiary alicyclic amines) is 1. The highest BCUT2D eigenvalue weighted by molar-refractivity contribution is 5.66. The highest BCUT2D eigenvalue weighted by Crippen LogP contribution is 2.28. The van der Waals surface area contributed by atoms with E-state index < -0.39 is 0 Å². The van der Waals surface area contributed by atoms with Crippen LogP contribution in [0.5, 0.6) is 5.75 Å². The first-order valence-electron chi connectivity index (χ1n) is 8.79. The average Bonchev–Trinajstić information content (AvgIpc) is 3.01. The van der Waals surface area contributed by atoms with Crippen LogP contribution < -0.4 is 10.5 Å². The minimum Gasteiger partial charge on any atom is -0.492 e. The SMILES string of the molecule is CN(C)CCOc1ccccc1-c1ccc(CN2CCC(N)C2)nn1. The van der Waals surface area contributed by atoms with E-state index in [0.717, 1.165) is 55.3 Å². The van der Waals surface area contributed by atoms with Crippen molar-refractivity contribution in [2.24, 2.45) is 5.73 Å². The van der Waals surface area contributed by atoms with Gasteiger partial charge in [-0.2, -0.15) is 10.2 Å². The summed E-state index contributed by atoms with van der Waals surface area (Å²) in [7, 11) is 4.07. The first-order valence-corrected chi connectivity index (χ1v) is 8.79. The van der Waals surface area contributed by atoms with Crippen LogP contribution in [0.3, 0.4) is 0 Å². The quantitative estimate of drug-likeness (QED) is 0.825. The molecule has 25 heavy (non-hydrogen) atoms. The van der Waals surface area contributed by atoms with Crippen molar-refractivity contribution in [2.75, 3.05) is 40.3 Å². The van der Waals surface area contributed by atoms with Gasteiger partial charge in [-0.15, -0.1) is 0 Å². The van der Waals surface area contributed by atoms with Crippen molar-refractivity contribution in [3.63, 3.8) is 0 Å². The number of aromatic nitrogens is 2. The zero-order valence-corrected chi connectivity index (χ0v) is 15.1. The molecule has 0 amide bonds. The van der Waals surface area contributed by atoms with Gasteiger partial charge in [-0.1, -0.05) is 12.1 Å². The molecule has 0 spiro atoms. The fourth-order valence-electron chi connectivity index (χ4n) is 2.97. The van der Waals surface area contributed by atoms with Gasteiger partial charge in [0, 0.05) is 37.8 Å². The van der Waals surface area contributed by atoms with Crippen molar-refractivity contribution in [1.82, 2.24) is 20.0 Å². The summed E-state index contributed by atoms with van der Waals surface area (Å²) in [6.45, 7) is 4.29. The van der Waals surface area contributed by atoms with Crippen LogP contribution in [0.15, 0.2) is 36.4 Å². The molecule has 1 fully saturated rings. The Morgan fingerprint density at radius 2 is 2.04 bits per heavy atom. The Labute approximate surface area is 149 Å². The van der Waals surface area contributed by atoms with Crippen molar-refractivity contribution in [3.8, 4) is 17.0 Å². The highest BCUT2D eigenvalue weighted by Gasteiger charge is 2.19. The van der Waals surface area contributed by atoms with Gasteiger partial charge in [0.1, 0.15) is 12.4 Å². The van der Waals surface area contributed by atoms with Gasteiger partial charge >= 0.3 is 0 Å². The zero-order valence-electron chi connectivity index (χ0n) is 15.1. The van der Waals surface area contributed by atoms with Gasteiger partial charge < -0.3 is 15.4 Å². The van der Waals surface area contributed by atoms with Gasteiger partial charge in [0.05, 0.1) is 11.4 Å². The molecule has 1 aliphatic heterocycles. The molecule has 0 aliphatic carbocycles. The maximum atomic E-state index is 5.96. The van der Waals surface area contributed by atoms with E-state index in [1.54, 1.807) is 0 Å². The Bertz CT molecular complexity index is 674. The Kier molecular flexibility index (Phi) is 5.96. The largest absolute Gasteiger partial charge is 0.492 e. The standard InChI is InChI=1S/C19H27N5O/c1-23(2)11-12-25-19-6-4-3-5-17(19)18-8-7-16(21-22-18)14-24-10-9-15(20)13-24/h3-8,15H,9-14,20H2,1-2H3. The topological polar surface area (TPSA) is 67.5 Å². The number of likely N-dealkylation sites (N-methyl/N-ethyl adjacent to an activating group) is 1. The Morgan fingerprint density at radius 3 is 2.72 bits per heavy atom. The summed E-state index contributed by atoms with van der Waals surface area (Å²) in [6.07, 6.45) is 1.06. The van der Waals surface area contributed by atoms with Gasteiger partial charge in [-0.25, -0.2) is 0 Å². The number of para-hydroxylation sites is 1. The molecule has 2 N–H and O–H groups in total. The number of ether oxygens (including phenoxy) is 1. The maximum absolute atomic E-state index is 5.96. The zero-order chi connectivity index (χ0) is 17.6. The molecule has 1 aliphatic rings. The van der Waals surface area contributed by atoms with Crippen LogP contribution >= 0.6 is 0 Å². The van der Waals surface area contributed by atoms with Crippen LogP contribution in [0.2, 0.25) is 0 Å². The van der Waals surface area contributed by atoms with Crippen molar-refractivity contribution >= 4 is 0 Å². The lowest BCUT2D eigenvalue weighted by atomic mass is 10.1. The van der Waals surface area contributed by atoms with E-state index in [4.69, 9.17) is 10.5 Å². The van der Waals surface area contributed by atoms with Crippen LogP contribution in [0.4, 0.5) is 0 Å². The average molecular weight is 341 g/mol. The van der Waals surface area contributed by atoms with E-state index in [9.17, 15) is 0 Å². The Morgan fingerprint density at radius 1 is 1.20 bits per heavy atom. The molecule has 0 bridgehead atoms. The van der Waals surface area contributed by atoms with Crippen LogP contribution in [0, 0.1) is 0 Å². The van der Waals surface area contributed by atoms with E-state index in [1.807, 2.05) is 50.5 Å². The monoisotopic (exact) mass is 341 g/mol. The predicted octanol–water partition coefficient (Wildman–Crippen LogP) is 1.62. The fraction of sp³-hybridized carbons (Fsp3) is 0.474. The van der Waals surface area contributed by atoms with Gasteiger partial charge in [0.15, 0.2) is 0 Å². The van der Waals surface area contributed by atoms with E-state index in [0.29, 0.717) is 12.6 Å². The third-order valence-electron chi connectivity index (χ3n) is 4.37. The van der Waals surface area contributed by atoms with E-state index >= 15 is 0 Å². The van der Waals surface area contributed by atoms with Crippen molar-refractivity contribution in [1.29, 1.82) is 0 Å². The Hall–Kier alpha value is -2.02. The summed E-state index contributed by atoms with van der Waals surface area (Å²) in [6, 6.07) is 12.3. The second-order valence-electron chi connectivity index (χ2n) is 6.84. The number of rotatable bonds is 7. The van der Waals surface area contributed by atoms with E-state index in [1.165, 1.54) is 0 Å². The second-order valence-corrected chi connectivity index (χ2v) is 6.84. The maximum Gasteiger partial charge on any atom is 0.128 e. The summed E-state index contributed by atoms with van der Waals surface area (Å²) >= 11 is 0. The lowest BCUT2D eigenvalue weighted by molar-refractivity contribution is 0.262. The molecule has 1 unspecified atom stereocenters. The highest BCUT2D eigenvalue weighted by atomic mass is 16.5. The summed E-state index contributed by atoms with van der Waals surface area (Å²) < 4.78 is 5.92. The lowest BCUT2D eigenvalue weighted by Crippen LogP contribution is -2.26. The summed E-state index contributed by atoms with van der Waals surface area (Å²) in [5.41, 5.74) is 8.75. The second kappa shape index (κ2) is 8.38. The smallest absolute Gasteiger partial charge is 0.128 e. The van der Waals surface area contributed by atoms with Gasteiger partial charge in [0.2, 0.25) is 0 Å². The molecule has 0 radical (unpaired) electrons. The molecule has 1 aromatic carbocycles. The van der Waals surface area contributed by atoms with Crippen LogP contribution in [-0.4, -0.2) is 66.4 Å². The first-order chi connectivity index (χ1) is 12.1. The van der Waals surface area contributed by atoms with Crippen molar-refractivity contribution < 1.29 is 4.74 Å². The van der Waals surface area contributed by atoms with Gasteiger partial charge in [-0.3, -0.25) is 4.90 Å². The van der Waals surface area contributed by atoms with Crippen LogP contribution in [0.1, 0.15) is 12.1 Å². The number of hydrogen-bond acceptors (Lipinski definition) is 6. The van der Waals surface area contributed by atoms with Crippen LogP contribution in [-0.2, 0) is 6.54 Å². The predicted molar refractivity (Wildman–Crippen MR) is 99.4 cm³/mol. The molecule has 2 heterocycles. The van der Waals surface area contributed by atoms with Crippen LogP contribution in [0.25, 0.3) is 11.3 Å². The fourth-order valence-corrected chi connectivity index (χ4v) is 2.97. The van der Waals surface area contributed by atoms with Gasteiger partial charge in [-0.05, 0) is 44.8 Å². The third kappa shape index (κ3) is 4.98. The molecule has 1 aromatic heterocycles. The lowest BCUT2D eigenvalue weighted by Gasteiger charge is -2.15. The molecule has 6 nitrogen and oxygen atoms in total. The van der Waals surface area contributed by atoms with Gasteiger partial charge in [0.25, 0.3) is 0 Å². The molecule has 6 heteroatoms. The van der Waals surface area contributed by atoms with Crippen molar-refractivity contribution in [3.05, 3.63) is 42.1 Å². The molecule has 3 rings (SSSR count). The number of hydrogen-bond donors (Lipinski definition) is 1. The summed E-state index contributed by atoms with van der Waals surface area (Å²) in [5, 5.41) is 8.81. The number of nitrogens with two attached hydrogens (primary N) is 1. The third-order valence-corrected chi connectivity index (χ3v) is 4.37. The molecule has 2 aromatic rings. The molecule has 0 saturated carbocycles. The number of benzene rings is 1.